The van der Waals surface area contributed by atoms with Gasteiger partial charge in [-0.2, -0.15) is 0 Å². The van der Waals surface area contributed by atoms with Crippen molar-refractivity contribution < 1.29 is 23.0 Å². The number of halogens is 3. The summed E-state index contributed by atoms with van der Waals surface area (Å²) >= 11 is 0. The smallest absolute Gasteiger partial charge is 0.404 e. The summed E-state index contributed by atoms with van der Waals surface area (Å²) in [6, 6.07) is 2.64. The lowest BCUT2D eigenvalue weighted by Crippen LogP contribution is -2.41. The van der Waals surface area contributed by atoms with Crippen LogP contribution in [0.1, 0.15) is 32.6 Å². The van der Waals surface area contributed by atoms with Crippen LogP contribution in [-0.2, 0) is 0 Å². The fourth-order valence-electron chi connectivity index (χ4n) is 2.56. The molecule has 1 fully saturated rings. The standard InChI is InChI=1S/C14H19F3N2O2/c1-13(7-3-2-4-11(13)20)9-19-12-6-5-10(8-18-12)21-14(15,16)17/h5-6,8,11,20H,2-4,7,9H2,1H3,(H,18,19). The van der Waals surface area contributed by atoms with Gasteiger partial charge in [0, 0.05) is 12.0 Å². The number of aliphatic hydroxyl groups is 1. The molecule has 0 aromatic carbocycles. The number of alkyl halides is 3. The van der Waals surface area contributed by atoms with Gasteiger partial charge in [0.15, 0.2) is 0 Å². The number of hydrogen-bond donors (Lipinski definition) is 2. The summed E-state index contributed by atoms with van der Waals surface area (Å²) in [6.07, 6.45) is -0.266. The number of rotatable bonds is 4. The van der Waals surface area contributed by atoms with Gasteiger partial charge in [-0.15, -0.1) is 13.2 Å². The Morgan fingerprint density at radius 3 is 2.76 bits per heavy atom. The van der Waals surface area contributed by atoms with Crippen LogP contribution in [0.5, 0.6) is 5.75 Å². The van der Waals surface area contributed by atoms with Crippen molar-refractivity contribution in [1.29, 1.82) is 0 Å². The van der Waals surface area contributed by atoms with Gasteiger partial charge in [-0.25, -0.2) is 4.98 Å². The van der Waals surface area contributed by atoms with Gasteiger partial charge in [0.05, 0.1) is 12.3 Å². The number of nitrogens with one attached hydrogen (secondary N) is 1. The predicted octanol–water partition coefficient (Wildman–Crippen LogP) is 3.33. The first-order valence-electron chi connectivity index (χ1n) is 6.92. The minimum absolute atomic E-state index is 0.235. The fourth-order valence-corrected chi connectivity index (χ4v) is 2.56. The Morgan fingerprint density at radius 1 is 1.43 bits per heavy atom. The van der Waals surface area contributed by atoms with E-state index in [1.807, 2.05) is 6.92 Å². The molecule has 1 heterocycles. The molecule has 0 spiro atoms. The van der Waals surface area contributed by atoms with Crippen molar-refractivity contribution in [2.75, 3.05) is 11.9 Å². The van der Waals surface area contributed by atoms with Crippen molar-refractivity contribution in [3.63, 3.8) is 0 Å². The van der Waals surface area contributed by atoms with E-state index in [4.69, 9.17) is 0 Å². The topological polar surface area (TPSA) is 54.4 Å². The van der Waals surface area contributed by atoms with Crippen LogP contribution in [0, 0.1) is 5.41 Å². The van der Waals surface area contributed by atoms with Gasteiger partial charge >= 0.3 is 6.36 Å². The zero-order valence-electron chi connectivity index (χ0n) is 11.8. The molecule has 0 amide bonds. The van der Waals surface area contributed by atoms with Gasteiger partial charge in [-0.1, -0.05) is 19.8 Å². The van der Waals surface area contributed by atoms with E-state index < -0.39 is 6.36 Å². The third-order valence-corrected chi connectivity index (χ3v) is 3.92. The number of nitrogens with zero attached hydrogens (tertiary/aromatic N) is 1. The highest BCUT2D eigenvalue weighted by Crippen LogP contribution is 2.36. The number of aromatic nitrogens is 1. The Hall–Kier alpha value is -1.50. The van der Waals surface area contributed by atoms with E-state index in [2.05, 4.69) is 15.0 Å². The first kappa shape index (κ1) is 15.9. The zero-order valence-corrected chi connectivity index (χ0v) is 11.8. The number of aliphatic hydroxyl groups excluding tert-OH is 1. The summed E-state index contributed by atoms with van der Waals surface area (Å²) in [4.78, 5) is 3.89. The van der Waals surface area contributed by atoms with E-state index in [1.165, 1.54) is 12.1 Å². The van der Waals surface area contributed by atoms with E-state index in [0.29, 0.717) is 12.4 Å². The predicted molar refractivity (Wildman–Crippen MR) is 72.0 cm³/mol. The minimum atomic E-state index is -4.71. The second-order valence-electron chi connectivity index (χ2n) is 5.70. The number of ether oxygens (including phenoxy) is 1. The first-order valence-corrected chi connectivity index (χ1v) is 6.92. The van der Waals surface area contributed by atoms with Crippen LogP contribution in [0.15, 0.2) is 18.3 Å². The monoisotopic (exact) mass is 304 g/mol. The molecule has 21 heavy (non-hydrogen) atoms. The second kappa shape index (κ2) is 6.09. The van der Waals surface area contributed by atoms with Gasteiger partial charge in [0.2, 0.25) is 0 Å². The Labute approximate surface area is 121 Å². The molecule has 1 saturated carbocycles. The molecule has 1 aromatic heterocycles. The highest BCUT2D eigenvalue weighted by atomic mass is 19.4. The fraction of sp³-hybridized carbons (Fsp3) is 0.643. The molecule has 0 bridgehead atoms. The van der Waals surface area contributed by atoms with Crippen LogP contribution in [0.3, 0.4) is 0 Å². The lowest BCUT2D eigenvalue weighted by atomic mass is 9.73. The van der Waals surface area contributed by atoms with Gasteiger partial charge in [0.25, 0.3) is 0 Å². The summed E-state index contributed by atoms with van der Waals surface area (Å²) in [7, 11) is 0. The molecular formula is C14H19F3N2O2. The van der Waals surface area contributed by atoms with Gasteiger partial charge in [-0.05, 0) is 25.0 Å². The lowest BCUT2D eigenvalue weighted by molar-refractivity contribution is -0.274. The van der Waals surface area contributed by atoms with Crippen molar-refractivity contribution >= 4 is 5.82 Å². The molecule has 118 valence electrons. The second-order valence-corrected chi connectivity index (χ2v) is 5.70. The first-order chi connectivity index (χ1) is 9.78. The third-order valence-electron chi connectivity index (χ3n) is 3.92. The van der Waals surface area contributed by atoms with Gasteiger partial charge < -0.3 is 15.2 Å². The van der Waals surface area contributed by atoms with Crippen molar-refractivity contribution in [1.82, 2.24) is 4.98 Å². The molecule has 2 N–H and O–H groups in total. The third kappa shape index (κ3) is 4.49. The molecule has 1 aliphatic carbocycles. The van der Waals surface area contributed by atoms with E-state index in [0.717, 1.165) is 31.9 Å². The maximum absolute atomic E-state index is 12.0. The normalized spacial score (nSPS) is 26.4. The summed E-state index contributed by atoms with van der Waals surface area (Å²) in [6.45, 7) is 2.53. The number of pyridine rings is 1. The number of hydrogen-bond acceptors (Lipinski definition) is 4. The molecule has 7 heteroatoms. The van der Waals surface area contributed by atoms with Crippen LogP contribution >= 0.6 is 0 Å². The maximum Gasteiger partial charge on any atom is 0.573 e. The maximum atomic E-state index is 12.0. The summed E-state index contributed by atoms with van der Waals surface area (Å²) in [5.74, 6) is 0.112. The van der Waals surface area contributed by atoms with E-state index >= 15 is 0 Å². The molecule has 2 atom stereocenters. The van der Waals surface area contributed by atoms with Crippen LogP contribution in [0.2, 0.25) is 0 Å². The van der Waals surface area contributed by atoms with E-state index in [-0.39, 0.29) is 17.3 Å². The van der Waals surface area contributed by atoms with Crippen molar-refractivity contribution in [2.24, 2.45) is 5.41 Å². The molecule has 1 aliphatic rings. The highest BCUT2D eigenvalue weighted by molar-refractivity contribution is 5.37. The van der Waals surface area contributed by atoms with Crippen LogP contribution in [0.4, 0.5) is 19.0 Å². The molecular weight excluding hydrogens is 285 g/mol. The Bertz CT molecular complexity index is 464. The quantitative estimate of drug-likeness (QED) is 0.896. The van der Waals surface area contributed by atoms with E-state index in [9.17, 15) is 18.3 Å². The molecule has 2 unspecified atom stereocenters. The average Bonchev–Trinajstić information content (AvgIpc) is 2.40. The molecule has 4 nitrogen and oxygen atoms in total. The molecule has 0 saturated heterocycles. The minimum Gasteiger partial charge on any atom is -0.404 e. The van der Waals surface area contributed by atoms with Crippen LogP contribution < -0.4 is 10.1 Å². The van der Waals surface area contributed by atoms with Crippen molar-refractivity contribution in [3.05, 3.63) is 18.3 Å². The Balaban J connectivity index is 1.91. The summed E-state index contributed by atoms with van der Waals surface area (Å²) in [5.41, 5.74) is -0.235. The van der Waals surface area contributed by atoms with Crippen molar-refractivity contribution in [3.8, 4) is 5.75 Å². The largest absolute Gasteiger partial charge is 0.573 e. The van der Waals surface area contributed by atoms with E-state index in [1.54, 1.807) is 0 Å². The molecule has 0 radical (unpaired) electrons. The highest BCUT2D eigenvalue weighted by Gasteiger charge is 2.35. The Morgan fingerprint density at radius 2 is 2.19 bits per heavy atom. The Kier molecular flexibility index (Phi) is 4.61. The molecule has 0 aliphatic heterocycles. The summed E-state index contributed by atoms with van der Waals surface area (Å²) in [5, 5.41) is 13.1. The molecule has 2 rings (SSSR count). The lowest BCUT2D eigenvalue weighted by Gasteiger charge is -2.38. The number of anilines is 1. The van der Waals surface area contributed by atoms with Crippen LogP contribution in [-0.4, -0.2) is 29.1 Å². The van der Waals surface area contributed by atoms with Gasteiger partial charge in [0.1, 0.15) is 11.6 Å². The van der Waals surface area contributed by atoms with Crippen molar-refractivity contribution in [2.45, 2.75) is 45.1 Å². The average molecular weight is 304 g/mol. The van der Waals surface area contributed by atoms with Crippen LogP contribution in [0.25, 0.3) is 0 Å². The summed E-state index contributed by atoms with van der Waals surface area (Å²) < 4.78 is 39.9. The zero-order chi connectivity index (χ0) is 15.5. The van der Waals surface area contributed by atoms with Gasteiger partial charge in [-0.3, -0.25) is 0 Å². The molecule has 1 aromatic rings. The SMILES string of the molecule is CC1(CNc2ccc(OC(F)(F)F)cn2)CCCCC1O.